The highest BCUT2D eigenvalue weighted by Crippen LogP contribution is 2.23. The van der Waals surface area contributed by atoms with Crippen LogP contribution in [0.15, 0.2) is 23.2 Å². The molecular formula is C14H21N3O2S. The molecule has 0 amide bonds. The maximum atomic E-state index is 12.4. The Bertz CT molecular complexity index is 544. The largest absolute Gasteiger partial charge is 0.367 e. The lowest BCUT2D eigenvalue weighted by molar-refractivity contribution is 0.477. The first-order valence-corrected chi connectivity index (χ1v) is 8.83. The van der Waals surface area contributed by atoms with Gasteiger partial charge in [-0.15, -0.1) is 0 Å². The Balaban J connectivity index is 1.71. The van der Waals surface area contributed by atoms with Crippen molar-refractivity contribution in [1.82, 2.24) is 9.29 Å². The van der Waals surface area contributed by atoms with Crippen molar-refractivity contribution in [2.75, 3.05) is 18.4 Å². The van der Waals surface area contributed by atoms with Crippen LogP contribution in [0.25, 0.3) is 0 Å². The summed E-state index contributed by atoms with van der Waals surface area (Å²) in [5.74, 6) is 0.775. The number of nitrogens with zero attached hydrogens (tertiary/aromatic N) is 2. The van der Waals surface area contributed by atoms with Crippen molar-refractivity contribution in [2.45, 2.75) is 49.5 Å². The zero-order chi connectivity index (χ0) is 14.0. The van der Waals surface area contributed by atoms with Crippen molar-refractivity contribution in [1.29, 1.82) is 0 Å². The van der Waals surface area contributed by atoms with E-state index in [0.29, 0.717) is 24.0 Å². The van der Waals surface area contributed by atoms with Gasteiger partial charge in [0.25, 0.3) is 0 Å². The number of sulfonamides is 1. The molecule has 2 heterocycles. The summed E-state index contributed by atoms with van der Waals surface area (Å²) in [5, 5.41) is 3.37. The molecule has 0 radical (unpaired) electrons. The Morgan fingerprint density at radius 2 is 1.80 bits per heavy atom. The van der Waals surface area contributed by atoms with E-state index in [0.717, 1.165) is 18.7 Å². The second-order valence-electron chi connectivity index (χ2n) is 5.62. The molecule has 0 atom stereocenters. The molecule has 1 aliphatic heterocycles. The van der Waals surface area contributed by atoms with E-state index in [1.165, 1.54) is 31.9 Å². The van der Waals surface area contributed by atoms with Crippen LogP contribution in [0.1, 0.15) is 38.5 Å². The number of hydrogen-bond donors (Lipinski definition) is 1. The van der Waals surface area contributed by atoms with Gasteiger partial charge in [0, 0.05) is 25.3 Å². The van der Waals surface area contributed by atoms with Crippen molar-refractivity contribution in [3.63, 3.8) is 0 Å². The van der Waals surface area contributed by atoms with Crippen LogP contribution in [0, 0.1) is 0 Å². The van der Waals surface area contributed by atoms with Gasteiger partial charge in [-0.1, -0.05) is 12.8 Å². The fraction of sp³-hybridized carbons (Fsp3) is 0.643. The third-order valence-electron chi connectivity index (χ3n) is 4.15. The van der Waals surface area contributed by atoms with Crippen LogP contribution in [0.4, 0.5) is 5.82 Å². The minimum Gasteiger partial charge on any atom is -0.367 e. The number of hydrogen-bond acceptors (Lipinski definition) is 4. The first kappa shape index (κ1) is 13.8. The number of aromatic nitrogens is 1. The lowest BCUT2D eigenvalue weighted by atomic mass is 10.2. The van der Waals surface area contributed by atoms with Crippen molar-refractivity contribution in [3.8, 4) is 0 Å². The summed E-state index contributed by atoms with van der Waals surface area (Å²) in [4.78, 5) is 4.57. The van der Waals surface area contributed by atoms with Gasteiger partial charge in [0.15, 0.2) is 0 Å². The molecule has 0 bridgehead atoms. The summed E-state index contributed by atoms with van der Waals surface area (Å²) in [6, 6.07) is 3.93. The average molecular weight is 295 g/mol. The topological polar surface area (TPSA) is 62.3 Å². The summed E-state index contributed by atoms with van der Waals surface area (Å²) in [6.07, 6.45) is 8.26. The zero-order valence-electron chi connectivity index (χ0n) is 11.6. The molecule has 3 rings (SSSR count). The fourth-order valence-electron chi connectivity index (χ4n) is 2.98. The summed E-state index contributed by atoms with van der Waals surface area (Å²) < 4.78 is 26.3. The SMILES string of the molecule is O=S(=O)(c1ccc(NC2CCCC2)nc1)N1CCCC1. The molecule has 0 aromatic carbocycles. The Morgan fingerprint density at radius 3 is 2.40 bits per heavy atom. The molecule has 5 nitrogen and oxygen atoms in total. The Kier molecular flexibility index (Phi) is 3.94. The summed E-state index contributed by atoms with van der Waals surface area (Å²) in [6.45, 7) is 1.26. The van der Waals surface area contributed by atoms with E-state index in [2.05, 4.69) is 10.3 Å². The minimum absolute atomic E-state index is 0.302. The highest BCUT2D eigenvalue weighted by Gasteiger charge is 2.27. The van der Waals surface area contributed by atoms with Gasteiger partial charge in [0.05, 0.1) is 0 Å². The van der Waals surface area contributed by atoms with Crippen LogP contribution < -0.4 is 5.32 Å². The predicted octanol–water partition coefficient (Wildman–Crippen LogP) is 2.22. The number of pyridine rings is 1. The van der Waals surface area contributed by atoms with E-state index in [9.17, 15) is 8.42 Å². The number of nitrogens with one attached hydrogen (secondary N) is 1. The van der Waals surface area contributed by atoms with Crippen LogP contribution in [0.3, 0.4) is 0 Å². The molecule has 1 saturated heterocycles. The minimum atomic E-state index is -3.34. The van der Waals surface area contributed by atoms with Gasteiger partial charge >= 0.3 is 0 Å². The molecule has 6 heteroatoms. The van der Waals surface area contributed by atoms with Gasteiger partial charge in [-0.2, -0.15) is 4.31 Å². The lowest BCUT2D eigenvalue weighted by Gasteiger charge is -2.16. The molecule has 1 aromatic rings. The smallest absolute Gasteiger partial charge is 0.244 e. The second-order valence-corrected chi connectivity index (χ2v) is 7.55. The summed E-state index contributed by atoms with van der Waals surface area (Å²) in [5.41, 5.74) is 0. The Hall–Kier alpha value is -1.14. The number of anilines is 1. The first-order valence-electron chi connectivity index (χ1n) is 7.39. The van der Waals surface area contributed by atoms with E-state index in [1.54, 1.807) is 16.4 Å². The highest BCUT2D eigenvalue weighted by molar-refractivity contribution is 7.89. The highest BCUT2D eigenvalue weighted by atomic mass is 32.2. The Labute approximate surface area is 120 Å². The number of rotatable bonds is 4. The molecular weight excluding hydrogens is 274 g/mol. The van der Waals surface area contributed by atoms with Gasteiger partial charge in [0.2, 0.25) is 10.0 Å². The fourth-order valence-corrected chi connectivity index (χ4v) is 4.44. The lowest BCUT2D eigenvalue weighted by Crippen LogP contribution is -2.28. The van der Waals surface area contributed by atoms with E-state index < -0.39 is 10.0 Å². The molecule has 2 fully saturated rings. The van der Waals surface area contributed by atoms with Crippen LogP contribution in [-0.4, -0.2) is 36.8 Å². The molecule has 1 aliphatic carbocycles. The van der Waals surface area contributed by atoms with E-state index in [-0.39, 0.29) is 0 Å². The van der Waals surface area contributed by atoms with E-state index in [1.807, 2.05) is 0 Å². The average Bonchev–Trinajstić information content (AvgIpc) is 3.12. The standard InChI is InChI=1S/C14H21N3O2S/c18-20(19,17-9-3-4-10-17)13-7-8-14(15-11-13)16-12-5-1-2-6-12/h7-8,11-12H,1-6,9-10H2,(H,15,16). The van der Waals surface area contributed by atoms with Crippen molar-refractivity contribution in [3.05, 3.63) is 18.3 Å². The summed E-state index contributed by atoms with van der Waals surface area (Å²) >= 11 is 0. The molecule has 2 aliphatic rings. The third-order valence-corrected chi connectivity index (χ3v) is 6.03. The molecule has 0 unspecified atom stereocenters. The molecule has 1 N–H and O–H groups in total. The molecule has 110 valence electrons. The first-order chi connectivity index (χ1) is 9.66. The van der Waals surface area contributed by atoms with Crippen LogP contribution in [0.5, 0.6) is 0 Å². The molecule has 20 heavy (non-hydrogen) atoms. The maximum Gasteiger partial charge on any atom is 0.244 e. The third kappa shape index (κ3) is 2.81. The molecule has 0 spiro atoms. The molecule has 1 aromatic heterocycles. The van der Waals surface area contributed by atoms with Crippen LogP contribution in [-0.2, 0) is 10.0 Å². The predicted molar refractivity (Wildman–Crippen MR) is 78.1 cm³/mol. The van der Waals surface area contributed by atoms with Crippen LogP contribution in [0.2, 0.25) is 0 Å². The van der Waals surface area contributed by atoms with E-state index >= 15 is 0 Å². The second kappa shape index (κ2) is 5.69. The Morgan fingerprint density at radius 1 is 1.10 bits per heavy atom. The van der Waals surface area contributed by atoms with E-state index in [4.69, 9.17) is 0 Å². The quantitative estimate of drug-likeness (QED) is 0.925. The summed E-state index contributed by atoms with van der Waals surface area (Å²) in [7, 11) is -3.34. The van der Waals surface area contributed by atoms with Gasteiger partial charge < -0.3 is 5.32 Å². The zero-order valence-corrected chi connectivity index (χ0v) is 12.4. The normalized spacial score (nSPS) is 21.4. The van der Waals surface area contributed by atoms with Crippen molar-refractivity contribution in [2.24, 2.45) is 0 Å². The van der Waals surface area contributed by atoms with Gasteiger partial charge in [-0.25, -0.2) is 13.4 Å². The molecule has 1 saturated carbocycles. The van der Waals surface area contributed by atoms with Crippen molar-refractivity contribution < 1.29 is 8.42 Å². The maximum absolute atomic E-state index is 12.4. The van der Waals surface area contributed by atoms with Crippen LogP contribution >= 0.6 is 0 Å². The van der Waals surface area contributed by atoms with Gasteiger partial charge in [-0.3, -0.25) is 0 Å². The van der Waals surface area contributed by atoms with Crippen molar-refractivity contribution >= 4 is 15.8 Å². The van der Waals surface area contributed by atoms with Gasteiger partial charge in [0.1, 0.15) is 10.7 Å². The monoisotopic (exact) mass is 295 g/mol. The van der Waals surface area contributed by atoms with Gasteiger partial charge in [-0.05, 0) is 37.8 Å².